The number of amides is 2. The average Bonchev–Trinajstić information content (AvgIpc) is 2.37. The zero-order valence-electron chi connectivity index (χ0n) is 10.3. The van der Waals surface area contributed by atoms with Crippen molar-refractivity contribution in [3.8, 4) is 0 Å². The van der Waals surface area contributed by atoms with Gasteiger partial charge in [0.05, 0.1) is 5.69 Å². The number of imide groups is 1. The van der Waals surface area contributed by atoms with Crippen LogP contribution in [0.2, 0.25) is 0 Å². The minimum Gasteiger partial charge on any atom is -0.362 e. The Kier molecular flexibility index (Phi) is 4.07. The Hall–Kier alpha value is -1.72. The van der Waals surface area contributed by atoms with Crippen molar-refractivity contribution >= 4 is 17.5 Å². The third-order valence-electron chi connectivity index (χ3n) is 2.70. The molecule has 1 aliphatic rings. The average molecular weight is 248 g/mol. The Morgan fingerprint density at radius 1 is 1.28 bits per heavy atom. The van der Waals surface area contributed by atoms with Gasteiger partial charge in [0.1, 0.15) is 13.2 Å². The lowest BCUT2D eigenvalue weighted by atomic mass is 10.1. The molecule has 2 rings (SSSR count). The molecule has 0 saturated carbocycles. The molecule has 0 radical (unpaired) electrons. The number of morpholine rings is 1. The molecule has 1 saturated heterocycles. The van der Waals surface area contributed by atoms with Gasteiger partial charge in [0.15, 0.2) is 0 Å². The van der Waals surface area contributed by atoms with Crippen molar-refractivity contribution in [2.24, 2.45) is 0 Å². The third-order valence-corrected chi connectivity index (χ3v) is 2.70. The van der Waals surface area contributed by atoms with Crippen molar-refractivity contribution in [2.75, 3.05) is 24.7 Å². The van der Waals surface area contributed by atoms with Gasteiger partial charge in [0.2, 0.25) is 0 Å². The number of benzene rings is 1. The second kappa shape index (κ2) is 5.75. The zero-order chi connectivity index (χ0) is 13.0. The van der Waals surface area contributed by atoms with Crippen LogP contribution >= 0.6 is 0 Å². The summed E-state index contributed by atoms with van der Waals surface area (Å²) in [6, 6.07) is 7.42. The van der Waals surface area contributed by atoms with Crippen LogP contribution in [0, 0.1) is 0 Å². The summed E-state index contributed by atoms with van der Waals surface area (Å²) in [5, 5.41) is 3.20. The summed E-state index contributed by atoms with van der Waals surface area (Å²) in [6.07, 6.45) is 0. The summed E-state index contributed by atoms with van der Waals surface area (Å²) < 4.78 is 4.89. The molecule has 1 aliphatic heterocycles. The summed E-state index contributed by atoms with van der Waals surface area (Å²) in [4.78, 5) is 24.6. The van der Waals surface area contributed by atoms with Crippen molar-refractivity contribution < 1.29 is 14.3 Å². The van der Waals surface area contributed by atoms with E-state index in [0.717, 1.165) is 18.7 Å². The van der Waals surface area contributed by atoms with E-state index in [9.17, 15) is 9.59 Å². The van der Waals surface area contributed by atoms with E-state index in [4.69, 9.17) is 4.74 Å². The topological polar surface area (TPSA) is 58.6 Å². The fraction of sp³-hybridized carbons (Fsp3) is 0.385. The van der Waals surface area contributed by atoms with Gasteiger partial charge in [0, 0.05) is 6.54 Å². The van der Waals surface area contributed by atoms with Gasteiger partial charge in [-0.15, -0.1) is 0 Å². The molecule has 5 heteroatoms. The number of rotatable bonds is 4. The summed E-state index contributed by atoms with van der Waals surface area (Å²) in [7, 11) is 0. The molecule has 1 fully saturated rings. The highest BCUT2D eigenvalue weighted by Crippen LogP contribution is 2.18. The number of ether oxygens (including phenoxy) is 1. The number of carbonyl (C=O) groups is 2. The number of hydrogen-bond acceptors (Lipinski definition) is 4. The zero-order valence-corrected chi connectivity index (χ0v) is 10.3. The van der Waals surface area contributed by atoms with Gasteiger partial charge in [-0.25, -0.2) is 4.90 Å². The first-order valence-electron chi connectivity index (χ1n) is 5.95. The molecule has 1 aromatic rings. The van der Waals surface area contributed by atoms with E-state index in [2.05, 4.69) is 5.32 Å². The van der Waals surface area contributed by atoms with Crippen LogP contribution < -0.4 is 10.2 Å². The molecule has 5 nitrogen and oxygen atoms in total. The van der Waals surface area contributed by atoms with Crippen molar-refractivity contribution in [1.82, 2.24) is 5.32 Å². The van der Waals surface area contributed by atoms with Crippen LogP contribution in [0.25, 0.3) is 0 Å². The number of nitrogens with one attached hydrogen (secondary N) is 1. The van der Waals surface area contributed by atoms with Gasteiger partial charge >= 0.3 is 0 Å². The molecule has 0 spiro atoms. The molecule has 0 aliphatic carbocycles. The van der Waals surface area contributed by atoms with Crippen LogP contribution in [-0.2, 0) is 20.9 Å². The summed E-state index contributed by atoms with van der Waals surface area (Å²) >= 11 is 0. The van der Waals surface area contributed by atoms with Gasteiger partial charge in [0.25, 0.3) is 11.8 Å². The lowest BCUT2D eigenvalue weighted by molar-refractivity contribution is -0.138. The molecule has 18 heavy (non-hydrogen) atoms. The van der Waals surface area contributed by atoms with E-state index >= 15 is 0 Å². The Bertz CT molecular complexity index is 443. The first kappa shape index (κ1) is 12.7. The van der Waals surface area contributed by atoms with E-state index in [0.29, 0.717) is 5.69 Å². The highest BCUT2D eigenvalue weighted by Gasteiger charge is 2.28. The fourth-order valence-electron chi connectivity index (χ4n) is 1.86. The third kappa shape index (κ3) is 2.75. The SMILES string of the molecule is CCNCc1cccc(N2C(=O)COCC2=O)c1. The fourth-order valence-corrected chi connectivity index (χ4v) is 1.86. The summed E-state index contributed by atoms with van der Waals surface area (Å²) in [5.74, 6) is -0.626. The van der Waals surface area contributed by atoms with E-state index in [1.165, 1.54) is 4.90 Å². The second-order valence-electron chi connectivity index (χ2n) is 4.07. The Morgan fingerprint density at radius 2 is 2.00 bits per heavy atom. The van der Waals surface area contributed by atoms with Crippen LogP contribution in [0.5, 0.6) is 0 Å². The predicted octanol–water partition coefficient (Wildman–Crippen LogP) is 0.686. The van der Waals surface area contributed by atoms with Gasteiger partial charge in [-0.3, -0.25) is 9.59 Å². The van der Waals surface area contributed by atoms with Crippen molar-refractivity contribution in [3.05, 3.63) is 29.8 Å². The smallest absolute Gasteiger partial charge is 0.259 e. The predicted molar refractivity (Wildman–Crippen MR) is 67.1 cm³/mol. The number of carbonyl (C=O) groups excluding carboxylic acids is 2. The van der Waals surface area contributed by atoms with Crippen LogP contribution in [0.1, 0.15) is 12.5 Å². The summed E-state index contributed by atoms with van der Waals surface area (Å²) in [5.41, 5.74) is 1.66. The maximum absolute atomic E-state index is 11.7. The van der Waals surface area contributed by atoms with Gasteiger partial charge in [-0.2, -0.15) is 0 Å². The first-order chi connectivity index (χ1) is 8.72. The van der Waals surface area contributed by atoms with Crippen LogP contribution in [0.3, 0.4) is 0 Å². The number of anilines is 1. The van der Waals surface area contributed by atoms with Crippen LogP contribution in [0.15, 0.2) is 24.3 Å². The van der Waals surface area contributed by atoms with Crippen molar-refractivity contribution in [3.63, 3.8) is 0 Å². The van der Waals surface area contributed by atoms with E-state index in [-0.39, 0.29) is 25.0 Å². The molecule has 1 aromatic carbocycles. The van der Waals surface area contributed by atoms with Gasteiger partial charge in [-0.05, 0) is 24.2 Å². The standard InChI is InChI=1S/C13H16N2O3/c1-2-14-7-10-4-3-5-11(6-10)15-12(16)8-18-9-13(15)17/h3-6,14H,2,7-9H2,1H3. The van der Waals surface area contributed by atoms with E-state index in [1.807, 2.05) is 25.1 Å². The molecular formula is C13H16N2O3. The minimum atomic E-state index is -0.313. The Balaban J connectivity index is 2.21. The molecule has 0 unspecified atom stereocenters. The van der Waals surface area contributed by atoms with Crippen molar-refractivity contribution in [2.45, 2.75) is 13.5 Å². The van der Waals surface area contributed by atoms with Crippen LogP contribution in [-0.4, -0.2) is 31.6 Å². The highest BCUT2D eigenvalue weighted by atomic mass is 16.5. The van der Waals surface area contributed by atoms with E-state index in [1.54, 1.807) is 6.07 Å². The Labute approximate surface area is 106 Å². The molecule has 0 bridgehead atoms. The normalized spacial score (nSPS) is 16.2. The molecule has 1 heterocycles. The largest absolute Gasteiger partial charge is 0.362 e. The maximum Gasteiger partial charge on any atom is 0.259 e. The molecule has 96 valence electrons. The molecule has 0 aromatic heterocycles. The van der Waals surface area contributed by atoms with E-state index < -0.39 is 0 Å². The molecule has 2 amide bonds. The summed E-state index contributed by atoms with van der Waals surface area (Å²) in [6.45, 7) is 3.54. The highest BCUT2D eigenvalue weighted by molar-refractivity contribution is 6.17. The number of hydrogen-bond donors (Lipinski definition) is 1. The first-order valence-corrected chi connectivity index (χ1v) is 5.95. The Morgan fingerprint density at radius 3 is 2.67 bits per heavy atom. The van der Waals surface area contributed by atoms with Gasteiger partial charge in [-0.1, -0.05) is 19.1 Å². The van der Waals surface area contributed by atoms with Crippen molar-refractivity contribution in [1.29, 1.82) is 0 Å². The quantitative estimate of drug-likeness (QED) is 0.796. The lowest BCUT2D eigenvalue weighted by Crippen LogP contribution is -2.46. The number of nitrogens with zero attached hydrogens (tertiary/aromatic N) is 1. The minimum absolute atomic E-state index is 0.0385. The molecule has 0 atom stereocenters. The maximum atomic E-state index is 11.7. The van der Waals surface area contributed by atoms with Gasteiger partial charge < -0.3 is 10.1 Å². The lowest BCUT2D eigenvalue weighted by Gasteiger charge is -2.25. The van der Waals surface area contributed by atoms with Crippen LogP contribution in [0.4, 0.5) is 5.69 Å². The monoisotopic (exact) mass is 248 g/mol. The molecular weight excluding hydrogens is 232 g/mol. The second-order valence-corrected chi connectivity index (χ2v) is 4.07. The molecule has 1 N–H and O–H groups in total.